The van der Waals surface area contributed by atoms with Crippen LogP contribution in [0.1, 0.15) is 26.3 Å². The first-order valence-corrected chi connectivity index (χ1v) is 13.4. The summed E-state index contributed by atoms with van der Waals surface area (Å²) >= 11 is 3.54. The second kappa shape index (κ2) is 8.47. The highest BCUT2D eigenvalue weighted by atomic mass is 79.9. The van der Waals surface area contributed by atoms with Gasteiger partial charge in [0, 0.05) is 22.1 Å². The van der Waals surface area contributed by atoms with Gasteiger partial charge in [0.25, 0.3) is 0 Å². The predicted octanol–water partition coefficient (Wildman–Crippen LogP) is 9.93. The fraction of sp³-hybridized carbons (Fsp3) is 0.121. The van der Waals surface area contributed by atoms with E-state index in [2.05, 4.69) is 102 Å². The number of benzene rings is 4. The molecule has 7 rings (SSSR count). The highest BCUT2D eigenvalue weighted by Gasteiger charge is 2.23. The van der Waals surface area contributed by atoms with Crippen LogP contribution in [-0.4, -0.2) is 9.55 Å². The summed E-state index contributed by atoms with van der Waals surface area (Å²) in [6, 6.07) is 30.9. The van der Waals surface area contributed by atoms with Crippen LogP contribution in [0, 0.1) is 0 Å². The van der Waals surface area contributed by atoms with Crippen LogP contribution in [0.15, 0.2) is 106 Å². The molecule has 0 bridgehead atoms. The Kier molecular flexibility index (Phi) is 5.14. The lowest BCUT2D eigenvalue weighted by Crippen LogP contribution is -2.12. The van der Waals surface area contributed by atoms with Crippen LogP contribution in [0.3, 0.4) is 0 Å². The quantitative estimate of drug-likeness (QED) is 0.216. The van der Waals surface area contributed by atoms with Gasteiger partial charge in [0.15, 0.2) is 5.58 Å². The Balaban J connectivity index is 1.57. The van der Waals surface area contributed by atoms with Crippen LogP contribution in [0.5, 0.6) is 11.5 Å². The lowest BCUT2D eigenvalue weighted by molar-refractivity contribution is 0.483. The number of pyridine rings is 1. The van der Waals surface area contributed by atoms with Gasteiger partial charge in [-0.1, -0.05) is 73.1 Å². The largest absolute Gasteiger partial charge is 0.457 e. The van der Waals surface area contributed by atoms with E-state index in [0.717, 1.165) is 60.1 Å². The maximum atomic E-state index is 6.55. The fourth-order valence-electron chi connectivity index (χ4n) is 5.23. The topological polar surface area (TPSA) is 40.2 Å². The van der Waals surface area contributed by atoms with Gasteiger partial charge in [0.1, 0.15) is 28.4 Å². The van der Waals surface area contributed by atoms with Crippen LogP contribution in [0.2, 0.25) is 0 Å². The average molecular weight is 561 g/mol. The molecule has 38 heavy (non-hydrogen) atoms. The first-order valence-electron chi connectivity index (χ1n) is 12.7. The van der Waals surface area contributed by atoms with E-state index in [-0.39, 0.29) is 5.41 Å². The highest BCUT2D eigenvalue weighted by molar-refractivity contribution is 9.10. The summed E-state index contributed by atoms with van der Waals surface area (Å²) in [6.07, 6.45) is 1.90. The molecule has 0 spiro atoms. The van der Waals surface area contributed by atoms with Crippen molar-refractivity contribution in [2.24, 2.45) is 0 Å². The van der Waals surface area contributed by atoms with E-state index in [9.17, 15) is 0 Å². The first-order chi connectivity index (χ1) is 18.4. The number of rotatable bonds is 3. The van der Waals surface area contributed by atoms with Gasteiger partial charge in [-0.25, -0.2) is 4.98 Å². The first kappa shape index (κ1) is 23.1. The molecule has 7 aromatic rings. The van der Waals surface area contributed by atoms with Crippen molar-refractivity contribution in [3.63, 3.8) is 0 Å². The molecule has 0 amide bonds. The number of fused-ring (bicyclic) bond motifs is 7. The zero-order valence-electron chi connectivity index (χ0n) is 21.3. The maximum absolute atomic E-state index is 6.55. The van der Waals surface area contributed by atoms with E-state index in [1.807, 2.05) is 36.5 Å². The minimum Gasteiger partial charge on any atom is -0.457 e. The van der Waals surface area contributed by atoms with Crippen molar-refractivity contribution in [1.29, 1.82) is 0 Å². The van der Waals surface area contributed by atoms with Gasteiger partial charge >= 0.3 is 0 Å². The standard InChI is InChI=1S/C33H25BrN2O2/c1-33(2,3)21-15-16-35-29(17-21)36-27-19-24(37-23-9-6-8-22(34)18-23)12-13-26(27)32-31(36)30-25-10-5-4-7-20(25)11-14-28(30)38-32/h4-19H,1-3H3. The fourth-order valence-corrected chi connectivity index (χ4v) is 5.61. The van der Waals surface area contributed by atoms with E-state index >= 15 is 0 Å². The third kappa shape index (κ3) is 3.69. The minimum absolute atomic E-state index is 0.0140. The average Bonchev–Trinajstić information content (AvgIpc) is 3.42. The van der Waals surface area contributed by atoms with Crippen molar-refractivity contribution >= 4 is 59.7 Å². The minimum atomic E-state index is -0.0140. The summed E-state index contributed by atoms with van der Waals surface area (Å²) in [5.74, 6) is 2.37. The van der Waals surface area contributed by atoms with Crippen LogP contribution in [-0.2, 0) is 5.41 Å². The van der Waals surface area contributed by atoms with Crippen molar-refractivity contribution in [1.82, 2.24) is 9.55 Å². The Morgan fingerprint density at radius 3 is 2.50 bits per heavy atom. The number of halogens is 1. The summed E-state index contributed by atoms with van der Waals surface area (Å²) in [5, 5.41) is 4.44. The third-order valence-corrected chi connectivity index (χ3v) is 7.60. The Morgan fingerprint density at radius 1 is 0.816 bits per heavy atom. The van der Waals surface area contributed by atoms with E-state index in [4.69, 9.17) is 14.1 Å². The second-order valence-corrected chi connectivity index (χ2v) is 11.6. The molecule has 0 aliphatic heterocycles. The van der Waals surface area contributed by atoms with Gasteiger partial charge < -0.3 is 9.15 Å². The molecule has 0 saturated carbocycles. The summed E-state index contributed by atoms with van der Waals surface area (Å²) in [5.41, 5.74) is 4.93. The molecular weight excluding hydrogens is 536 g/mol. The van der Waals surface area contributed by atoms with E-state index in [1.54, 1.807) is 0 Å². The number of hydrogen-bond acceptors (Lipinski definition) is 3. The van der Waals surface area contributed by atoms with Gasteiger partial charge in [0.05, 0.1) is 10.9 Å². The molecule has 0 radical (unpaired) electrons. The molecule has 0 fully saturated rings. The van der Waals surface area contributed by atoms with Crippen molar-refractivity contribution in [3.05, 3.63) is 107 Å². The van der Waals surface area contributed by atoms with Gasteiger partial charge in [-0.2, -0.15) is 0 Å². The molecule has 0 aliphatic rings. The van der Waals surface area contributed by atoms with Crippen molar-refractivity contribution in [2.75, 3.05) is 0 Å². The Morgan fingerprint density at radius 2 is 1.66 bits per heavy atom. The molecule has 0 saturated heterocycles. The smallest absolute Gasteiger partial charge is 0.161 e. The molecule has 3 aromatic heterocycles. The Hall–Kier alpha value is -4.09. The number of ether oxygens (including phenoxy) is 1. The maximum Gasteiger partial charge on any atom is 0.161 e. The molecule has 186 valence electrons. The van der Waals surface area contributed by atoms with Crippen molar-refractivity contribution < 1.29 is 9.15 Å². The summed E-state index contributed by atoms with van der Waals surface area (Å²) in [6.45, 7) is 6.67. The van der Waals surface area contributed by atoms with E-state index in [0.29, 0.717) is 0 Å². The zero-order chi connectivity index (χ0) is 26.0. The number of hydrogen-bond donors (Lipinski definition) is 0. The lowest BCUT2D eigenvalue weighted by Gasteiger charge is -2.20. The van der Waals surface area contributed by atoms with Crippen molar-refractivity contribution in [3.8, 4) is 17.3 Å². The van der Waals surface area contributed by atoms with Crippen LogP contribution >= 0.6 is 15.9 Å². The Bertz CT molecular complexity index is 2010. The normalized spacial score (nSPS) is 12.2. The molecule has 0 atom stereocenters. The van der Waals surface area contributed by atoms with Gasteiger partial charge in [-0.15, -0.1) is 0 Å². The number of aromatic nitrogens is 2. The molecule has 0 N–H and O–H groups in total. The van der Waals surface area contributed by atoms with E-state index < -0.39 is 0 Å². The summed E-state index contributed by atoms with van der Waals surface area (Å²) in [4.78, 5) is 4.86. The third-order valence-electron chi connectivity index (χ3n) is 7.11. The highest BCUT2D eigenvalue weighted by Crippen LogP contribution is 2.43. The Labute approximate surface area is 228 Å². The SMILES string of the molecule is CC(C)(C)c1ccnc(-n2c3cc(Oc4cccc(Br)c4)ccc3c3oc4ccc5ccccc5c4c32)c1. The lowest BCUT2D eigenvalue weighted by atomic mass is 9.88. The number of furan rings is 1. The van der Waals surface area contributed by atoms with Crippen LogP contribution < -0.4 is 4.74 Å². The molecule has 4 nitrogen and oxygen atoms in total. The van der Waals surface area contributed by atoms with Gasteiger partial charge in [-0.05, 0) is 70.3 Å². The monoisotopic (exact) mass is 560 g/mol. The van der Waals surface area contributed by atoms with Crippen LogP contribution in [0.4, 0.5) is 0 Å². The molecule has 5 heteroatoms. The number of nitrogens with zero attached hydrogens (tertiary/aromatic N) is 2. The molecular formula is C33H25BrN2O2. The molecule has 0 unspecified atom stereocenters. The molecule has 0 aliphatic carbocycles. The van der Waals surface area contributed by atoms with Crippen molar-refractivity contribution in [2.45, 2.75) is 26.2 Å². The summed E-state index contributed by atoms with van der Waals surface area (Å²) in [7, 11) is 0. The summed E-state index contributed by atoms with van der Waals surface area (Å²) < 4.78 is 16.0. The van der Waals surface area contributed by atoms with Gasteiger partial charge in [-0.3, -0.25) is 4.57 Å². The molecule has 4 aromatic carbocycles. The van der Waals surface area contributed by atoms with Gasteiger partial charge in [0.2, 0.25) is 0 Å². The molecule has 3 heterocycles. The second-order valence-electron chi connectivity index (χ2n) is 10.7. The zero-order valence-corrected chi connectivity index (χ0v) is 22.9. The van der Waals surface area contributed by atoms with Crippen LogP contribution in [0.25, 0.3) is 49.6 Å². The predicted molar refractivity (Wildman–Crippen MR) is 159 cm³/mol. The van der Waals surface area contributed by atoms with E-state index in [1.165, 1.54) is 10.9 Å².